The minimum Gasteiger partial charge on any atom is -0.497 e. The van der Waals surface area contributed by atoms with Gasteiger partial charge in [0.1, 0.15) is 23.2 Å². The zero-order valence-corrected chi connectivity index (χ0v) is 12.0. The molecular formula is C15H14N2O5. The zero-order valence-electron chi connectivity index (χ0n) is 12.0. The Morgan fingerprint density at radius 1 is 1.41 bits per heavy atom. The fraction of sp³-hybridized carbons (Fsp3) is 0.200. The smallest absolute Gasteiger partial charge is 0.497 e. The lowest BCUT2D eigenvalue weighted by molar-refractivity contribution is 0.105. The van der Waals surface area contributed by atoms with Gasteiger partial charge in [0.25, 0.3) is 0 Å². The van der Waals surface area contributed by atoms with Gasteiger partial charge in [0, 0.05) is 0 Å². The lowest BCUT2D eigenvalue weighted by Gasteiger charge is -2.26. The van der Waals surface area contributed by atoms with Gasteiger partial charge >= 0.3 is 6.16 Å². The summed E-state index contributed by atoms with van der Waals surface area (Å²) < 4.78 is 15.1. The van der Waals surface area contributed by atoms with E-state index in [1.54, 1.807) is 24.3 Å². The van der Waals surface area contributed by atoms with Crippen LogP contribution in [-0.2, 0) is 9.47 Å². The summed E-state index contributed by atoms with van der Waals surface area (Å²) in [5.41, 5.74) is 6.46. The standard InChI is InChI=1S/C15H14N2O5/c1-8-13(22-15(18)19)12(11(7-16)14(17)21-8)9-3-5-10(20-2)6-4-9/h3-6,12H,17H2,1-2H3,(H,18,19). The first-order valence-corrected chi connectivity index (χ1v) is 6.31. The molecular weight excluding hydrogens is 288 g/mol. The first-order valence-electron chi connectivity index (χ1n) is 6.31. The number of carbonyl (C=O) groups is 1. The predicted octanol–water partition coefficient (Wildman–Crippen LogP) is 2.43. The van der Waals surface area contributed by atoms with Crippen molar-refractivity contribution < 1.29 is 24.1 Å². The quantitative estimate of drug-likeness (QED) is 0.824. The Hall–Kier alpha value is -3.14. The van der Waals surface area contributed by atoms with Crippen molar-refractivity contribution in [2.45, 2.75) is 12.8 Å². The third kappa shape index (κ3) is 2.81. The summed E-state index contributed by atoms with van der Waals surface area (Å²) >= 11 is 0. The van der Waals surface area contributed by atoms with E-state index in [-0.39, 0.29) is 23.0 Å². The molecule has 0 aliphatic carbocycles. The van der Waals surface area contributed by atoms with Crippen molar-refractivity contribution >= 4 is 6.16 Å². The number of rotatable bonds is 3. The number of nitriles is 1. The number of hydrogen-bond acceptors (Lipinski definition) is 6. The second-order valence-electron chi connectivity index (χ2n) is 4.49. The van der Waals surface area contributed by atoms with E-state index in [1.165, 1.54) is 14.0 Å². The summed E-state index contributed by atoms with van der Waals surface area (Å²) in [5.74, 6) is 0.0233. The summed E-state index contributed by atoms with van der Waals surface area (Å²) in [6, 6.07) is 8.75. The number of nitrogens with two attached hydrogens (primary N) is 1. The van der Waals surface area contributed by atoms with E-state index in [0.717, 1.165) is 0 Å². The summed E-state index contributed by atoms with van der Waals surface area (Å²) in [5, 5.41) is 18.2. The number of methoxy groups -OCH3 is 1. The van der Waals surface area contributed by atoms with Gasteiger partial charge in [-0.05, 0) is 24.6 Å². The normalized spacial score (nSPS) is 17.6. The lowest BCUT2D eigenvalue weighted by Crippen LogP contribution is -2.22. The average Bonchev–Trinajstić information content (AvgIpc) is 2.49. The molecule has 0 saturated carbocycles. The summed E-state index contributed by atoms with van der Waals surface area (Å²) in [6.45, 7) is 1.52. The number of carboxylic acid groups (broad SMARTS) is 1. The fourth-order valence-corrected chi connectivity index (χ4v) is 2.21. The summed E-state index contributed by atoms with van der Waals surface area (Å²) in [4.78, 5) is 10.9. The van der Waals surface area contributed by atoms with Gasteiger partial charge in [-0.1, -0.05) is 12.1 Å². The first kappa shape index (κ1) is 15.3. The highest BCUT2D eigenvalue weighted by atomic mass is 16.7. The highest BCUT2D eigenvalue weighted by Crippen LogP contribution is 2.39. The molecule has 3 N–H and O–H groups in total. The topological polar surface area (TPSA) is 115 Å². The fourth-order valence-electron chi connectivity index (χ4n) is 2.21. The molecule has 0 radical (unpaired) electrons. The van der Waals surface area contributed by atoms with Gasteiger partial charge in [-0.2, -0.15) is 5.26 Å². The molecule has 0 aromatic heterocycles. The molecule has 7 heteroatoms. The molecule has 0 bridgehead atoms. The minimum absolute atomic E-state index is 0.0171. The number of hydrogen-bond donors (Lipinski definition) is 2. The van der Waals surface area contributed by atoms with Crippen LogP contribution in [0, 0.1) is 11.3 Å². The second kappa shape index (κ2) is 6.10. The molecule has 1 aliphatic rings. The Morgan fingerprint density at radius 2 is 2.05 bits per heavy atom. The molecule has 22 heavy (non-hydrogen) atoms. The van der Waals surface area contributed by atoms with E-state index in [0.29, 0.717) is 11.3 Å². The van der Waals surface area contributed by atoms with Crippen LogP contribution in [0.25, 0.3) is 0 Å². The third-order valence-electron chi connectivity index (χ3n) is 3.19. The van der Waals surface area contributed by atoms with E-state index in [2.05, 4.69) is 0 Å². The van der Waals surface area contributed by atoms with Crippen molar-refractivity contribution in [3.8, 4) is 11.8 Å². The van der Waals surface area contributed by atoms with E-state index in [1.807, 2.05) is 6.07 Å². The number of benzene rings is 1. The van der Waals surface area contributed by atoms with Crippen LogP contribution in [0.1, 0.15) is 18.4 Å². The van der Waals surface area contributed by atoms with Crippen molar-refractivity contribution in [1.82, 2.24) is 0 Å². The molecule has 2 rings (SSSR count). The van der Waals surface area contributed by atoms with Crippen LogP contribution in [0.15, 0.2) is 47.2 Å². The van der Waals surface area contributed by atoms with Crippen LogP contribution >= 0.6 is 0 Å². The molecule has 7 nitrogen and oxygen atoms in total. The van der Waals surface area contributed by atoms with Gasteiger partial charge in [-0.3, -0.25) is 0 Å². The number of allylic oxidation sites excluding steroid dienone is 2. The molecule has 1 unspecified atom stereocenters. The highest BCUT2D eigenvalue weighted by Gasteiger charge is 2.34. The van der Waals surface area contributed by atoms with E-state index >= 15 is 0 Å². The second-order valence-corrected chi connectivity index (χ2v) is 4.49. The summed E-state index contributed by atoms with van der Waals surface area (Å²) in [7, 11) is 1.53. The third-order valence-corrected chi connectivity index (χ3v) is 3.19. The Kier molecular flexibility index (Phi) is 4.23. The predicted molar refractivity (Wildman–Crippen MR) is 75.5 cm³/mol. The Bertz CT molecular complexity index is 698. The van der Waals surface area contributed by atoms with E-state index in [4.69, 9.17) is 25.1 Å². The van der Waals surface area contributed by atoms with E-state index < -0.39 is 12.1 Å². The van der Waals surface area contributed by atoms with Crippen LogP contribution in [0.2, 0.25) is 0 Å². The van der Waals surface area contributed by atoms with Gasteiger partial charge in [0.2, 0.25) is 5.88 Å². The Labute approximate surface area is 126 Å². The van der Waals surface area contributed by atoms with Crippen molar-refractivity contribution in [2.75, 3.05) is 7.11 Å². The van der Waals surface area contributed by atoms with Crippen LogP contribution in [-0.4, -0.2) is 18.4 Å². The largest absolute Gasteiger partial charge is 0.511 e. The minimum atomic E-state index is -1.49. The molecule has 1 aromatic rings. The van der Waals surface area contributed by atoms with E-state index in [9.17, 15) is 10.1 Å². The van der Waals surface area contributed by atoms with Crippen LogP contribution < -0.4 is 10.5 Å². The monoisotopic (exact) mass is 302 g/mol. The number of nitrogens with zero attached hydrogens (tertiary/aromatic N) is 1. The maximum absolute atomic E-state index is 10.9. The maximum atomic E-state index is 10.9. The molecule has 1 atom stereocenters. The lowest BCUT2D eigenvalue weighted by atomic mass is 9.88. The Balaban J connectivity index is 2.54. The van der Waals surface area contributed by atoms with Crippen molar-refractivity contribution in [3.05, 3.63) is 52.8 Å². The Morgan fingerprint density at radius 3 is 2.55 bits per heavy atom. The van der Waals surface area contributed by atoms with Gasteiger partial charge in [0.15, 0.2) is 5.76 Å². The summed E-state index contributed by atoms with van der Waals surface area (Å²) in [6.07, 6.45) is -1.49. The first-order chi connectivity index (χ1) is 10.5. The molecule has 114 valence electrons. The van der Waals surface area contributed by atoms with Gasteiger partial charge in [-0.15, -0.1) is 0 Å². The SMILES string of the molecule is COc1ccc(C2C(C#N)=C(N)OC(C)=C2OC(=O)O)cc1. The van der Waals surface area contributed by atoms with Gasteiger partial charge < -0.3 is 25.1 Å². The van der Waals surface area contributed by atoms with Crippen LogP contribution in [0.4, 0.5) is 4.79 Å². The molecule has 1 heterocycles. The molecule has 0 amide bonds. The molecule has 1 aromatic carbocycles. The number of ether oxygens (including phenoxy) is 3. The van der Waals surface area contributed by atoms with Crippen molar-refractivity contribution in [3.63, 3.8) is 0 Å². The molecule has 1 aliphatic heterocycles. The van der Waals surface area contributed by atoms with Crippen molar-refractivity contribution in [1.29, 1.82) is 5.26 Å². The molecule has 0 saturated heterocycles. The zero-order chi connectivity index (χ0) is 16.3. The average molecular weight is 302 g/mol. The molecule has 0 spiro atoms. The van der Waals surface area contributed by atoms with Crippen LogP contribution in [0.5, 0.6) is 5.75 Å². The molecule has 0 fully saturated rings. The van der Waals surface area contributed by atoms with Crippen molar-refractivity contribution in [2.24, 2.45) is 5.73 Å². The van der Waals surface area contributed by atoms with Gasteiger partial charge in [-0.25, -0.2) is 4.79 Å². The van der Waals surface area contributed by atoms with Gasteiger partial charge in [0.05, 0.1) is 13.0 Å². The van der Waals surface area contributed by atoms with Crippen LogP contribution in [0.3, 0.4) is 0 Å². The maximum Gasteiger partial charge on any atom is 0.511 e. The highest BCUT2D eigenvalue weighted by molar-refractivity contribution is 5.60.